The number of ether oxygens (including phenoxy) is 1. The van der Waals surface area contributed by atoms with Crippen molar-refractivity contribution >= 4 is 31.5 Å². The van der Waals surface area contributed by atoms with E-state index in [0.717, 1.165) is 16.8 Å². The summed E-state index contributed by atoms with van der Waals surface area (Å²) >= 11 is 0. The van der Waals surface area contributed by atoms with Gasteiger partial charge in [0.2, 0.25) is 5.95 Å². The molecule has 44 heavy (non-hydrogen) atoms. The van der Waals surface area contributed by atoms with Gasteiger partial charge in [0.25, 0.3) is 5.91 Å². The molecule has 0 aliphatic carbocycles. The zero-order valence-corrected chi connectivity index (χ0v) is 27.5. The van der Waals surface area contributed by atoms with Gasteiger partial charge in [-0.25, -0.2) is 14.4 Å². The summed E-state index contributed by atoms with van der Waals surface area (Å²) in [6, 6.07) is 10.7. The maximum atomic E-state index is 14.8. The van der Waals surface area contributed by atoms with Gasteiger partial charge in [-0.05, 0) is 72.9 Å². The molecule has 2 aliphatic rings. The first-order valence-corrected chi connectivity index (χ1v) is 17.9. The summed E-state index contributed by atoms with van der Waals surface area (Å²) in [6.45, 7) is 17.3. The van der Waals surface area contributed by atoms with Crippen LogP contribution in [0, 0.1) is 24.1 Å². The number of aromatic nitrogens is 2. The molecule has 2 atom stereocenters. The third kappa shape index (κ3) is 6.34. The van der Waals surface area contributed by atoms with Crippen molar-refractivity contribution in [3.63, 3.8) is 0 Å². The molecule has 232 valence electrons. The predicted octanol–water partition coefficient (Wildman–Crippen LogP) is 6.43. The highest BCUT2D eigenvalue weighted by molar-refractivity contribution is 6.74. The number of nitrogens with one attached hydrogen (secondary N) is 3. The second kappa shape index (κ2) is 11.9. The summed E-state index contributed by atoms with van der Waals surface area (Å²) in [5, 5.41) is 19.6. The third-order valence-electron chi connectivity index (χ3n) is 9.14. The van der Waals surface area contributed by atoms with Gasteiger partial charge in [-0.3, -0.25) is 4.79 Å². The molecule has 0 radical (unpaired) electrons. The van der Waals surface area contributed by atoms with Crippen molar-refractivity contribution in [3.05, 3.63) is 64.6 Å². The molecule has 11 heteroatoms. The van der Waals surface area contributed by atoms with Crippen LogP contribution in [0.25, 0.3) is 11.3 Å². The summed E-state index contributed by atoms with van der Waals surface area (Å²) in [5.41, 5.74) is 4.53. The lowest BCUT2D eigenvalue weighted by atomic mass is 9.83. The number of halogens is 1. The molecular weight excluding hydrogens is 575 g/mol. The van der Waals surface area contributed by atoms with Crippen LogP contribution in [0.3, 0.4) is 0 Å². The van der Waals surface area contributed by atoms with Crippen LogP contribution in [-0.2, 0) is 14.6 Å². The highest BCUT2D eigenvalue weighted by atomic mass is 28.4. The Balaban J connectivity index is 1.42. The van der Waals surface area contributed by atoms with E-state index >= 15 is 0 Å². The lowest BCUT2D eigenvalue weighted by Crippen LogP contribution is -2.45. The molecule has 5 rings (SSSR count). The molecule has 2 aliphatic heterocycles. The number of anilines is 3. The minimum Gasteiger partial charge on any atom is -0.416 e. The third-order valence-corrected chi connectivity index (χ3v) is 13.6. The lowest BCUT2D eigenvalue weighted by molar-refractivity contribution is 0.0926. The summed E-state index contributed by atoms with van der Waals surface area (Å²) < 4.78 is 26.8. The van der Waals surface area contributed by atoms with Crippen LogP contribution in [-0.4, -0.2) is 56.6 Å². The van der Waals surface area contributed by atoms with Crippen LogP contribution < -0.4 is 16.0 Å². The molecule has 3 N–H and O–H groups in total. The fourth-order valence-electron chi connectivity index (χ4n) is 5.20. The lowest BCUT2D eigenvalue weighted by Gasteiger charge is -2.39. The number of hydrogen-bond donors (Lipinski definition) is 3. The normalized spacial score (nSPS) is 19.7. The Hall–Kier alpha value is -3.85. The van der Waals surface area contributed by atoms with Gasteiger partial charge >= 0.3 is 0 Å². The smallest absolute Gasteiger partial charge is 0.254 e. The van der Waals surface area contributed by atoms with E-state index in [-0.39, 0.29) is 28.0 Å². The second-order valence-corrected chi connectivity index (χ2v) is 18.4. The Labute approximate surface area is 259 Å². The first kappa shape index (κ1) is 31.6. The molecule has 1 amide bonds. The van der Waals surface area contributed by atoms with Gasteiger partial charge in [0, 0.05) is 42.6 Å². The van der Waals surface area contributed by atoms with E-state index < -0.39 is 20.0 Å². The van der Waals surface area contributed by atoms with Gasteiger partial charge in [0.1, 0.15) is 11.9 Å². The molecule has 1 saturated heterocycles. The van der Waals surface area contributed by atoms with E-state index in [9.17, 15) is 14.4 Å². The number of carbonyl (C=O) groups is 1. The van der Waals surface area contributed by atoms with Gasteiger partial charge in [-0.2, -0.15) is 5.26 Å². The highest BCUT2D eigenvalue weighted by Crippen LogP contribution is 2.44. The molecule has 3 aromatic rings. The maximum absolute atomic E-state index is 14.8. The van der Waals surface area contributed by atoms with E-state index in [1.54, 1.807) is 19.2 Å². The first-order valence-electron chi connectivity index (χ1n) is 15.0. The number of carbonyl (C=O) groups excluding carboxylic acids is 1. The van der Waals surface area contributed by atoms with E-state index in [2.05, 4.69) is 73.9 Å². The van der Waals surface area contributed by atoms with E-state index in [4.69, 9.17) is 14.1 Å². The minimum atomic E-state index is -1.99. The minimum absolute atomic E-state index is 0.0647. The van der Waals surface area contributed by atoms with Crippen molar-refractivity contribution in [2.24, 2.45) is 0 Å². The molecule has 3 heterocycles. The number of amides is 1. The van der Waals surface area contributed by atoms with Crippen molar-refractivity contribution in [3.8, 4) is 17.3 Å². The number of fused-ring (bicyclic) bond motifs is 1. The van der Waals surface area contributed by atoms with Crippen LogP contribution in [0.1, 0.15) is 61.2 Å². The number of hydrogen-bond acceptors (Lipinski definition) is 8. The van der Waals surface area contributed by atoms with Gasteiger partial charge in [-0.1, -0.05) is 27.7 Å². The second-order valence-electron chi connectivity index (χ2n) is 13.6. The quantitative estimate of drug-likeness (QED) is 0.248. The van der Waals surface area contributed by atoms with Crippen molar-refractivity contribution in [2.75, 3.05) is 37.0 Å². The topological polar surface area (TPSA) is 121 Å². The average Bonchev–Trinajstić information content (AvgIpc) is 3.60. The molecule has 0 bridgehead atoms. The number of benzene rings is 2. The molecule has 0 saturated carbocycles. The molecule has 1 fully saturated rings. The van der Waals surface area contributed by atoms with E-state index in [1.807, 2.05) is 6.07 Å². The van der Waals surface area contributed by atoms with Crippen LogP contribution >= 0.6 is 0 Å². The predicted molar refractivity (Wildman–Crippen MR) is 172 cm³/mol. The number of rotatable bonds is 8. The fraction of sp³-hybridized carbons (Fsp3) is 0.455. The van der Waals surface area contributed by atoms with E-state index in [1.165, 1.54) is 12.1 Å². The summed E-state index contributed by atoms with van der Waals surface area (Å²) in [5.74, 6) is -0.809. The zero-order valence-electron chi connectivity index (χ0n) is 26.5. The monoisotopic (exact) mass is 616 g/mol. The number of aryl methyl sites for hydroxylation is 1. The van der Waals surface area contributed by atoms with Crippen molar-refractivity contribution < 1.29 is 18.3 Å². The maximum Gasteiger partial charge on any atom is 0.254 e. The average molecular weight is 617 g/mol. The molecule has 1 unspecified atom stereocenters. The van der Waals surface area contributed by atoms with Crippen LogP contribution in [0.15, 0.2) is 36.5 Å². The first-order chi connectivity index (χ1) is 20.7. The van der Waals surface area contributed by atoms with Crippen molar-refractivity contribution in [1.82, 2.24) is 15.3 Å². The molecule has 9 nitrogen and oxygen atoms in total. The SMILES string of the molecule is Cc1cc(F)c(C(=O)NC2CCOC2)cc1Nc1nccc(-c2cc(C#N)c3c(c2)[C@@](C)(CO[Si](C)(C)C(C)(C)C)CN3)n1. The Bertz CT molecular complexity index is 1630. The largest absolute Gasteiger partial charge is 0.416 e. The number of nitriles is 1. The van der Waals surface area contributed by atoms with Gasteiger partial charge in [0.05, 0.1) is 35.2 Å². The van der Waals surface area contributed by atoms with Crippen LogP contribution in [0.5, 0.6) is 0 Å². The highest BCUT2D eigenvalue weighted by Gasteiger charge is 2.42. The summed E-state index contributed by atoms with van der Waals surface area (Å²) in [7, 11) is -1.99. The van der Waals surface area contributed by atoms with E-state index in [0.29, 0.717) is 55.3 Å². The van der Waals surface area contributed by atoms with Crippen molar-refractivity contribution in [2.45, 2.75) is 70.6 Å². The fourth-order valence-corrected chi connectivity index (χ4v) is 6.31. The molecule has 0 spiro atoms. The number of nitrogens with zero attached hydrogens (tertiary/aromatic N) is 3. The Morgan fingerprint density at radius 3 is 2.75 bits per heavy atom. The standard InChI is InChI=1S/C33H41FN6O3Si/c1-20-12-26(34)24(30(41)38-23-9-11-42-17-23)15-28(20)40-31-36-10-8-27(39-31)21-13-22(16-35)29-25(14-21)33(5,18-37-29)19-43-44(6,7)32(2,3)4/h8,10,12-15,23,37H,9,11,17-19H2,1-7H3,(H,38,41)(H,36,39,40)/t23?,33-/m1/s1. The summed E-state index contributed by atoms with van der Waals surface area (Å²) in [4.78, 5) is 21.9. The zero-order chi connectivity index (χ0) is 31.9. The van der Waals surface area contributed by atoms with Crippen molar-refractivity contribution in [1.29, 1.82) is 5.26 Å². The summed E-state index contributed by atoms with van der Waals surface area (Å²) in [6.07, 6.45) is 2.33. The Kier molecular flexibility index (Phi) is 8.55. The molecular formula is C33H41FN6O3Si. The Morgan fingerprint density at radius 2 is 2.07 bits per heavy atom. The molecule has 2 aromatic carbocycles. The van der Waals surface area contributed by atoms with Crippen LogP contribution in [0.4, 0.5) is 21.7 Å². The Morgan fingerprint density at radius 1 is 1.30 bits per heavy atom. The van der Waals surface area contributed by atoms with Gasteiger partial charge in [0.15, 0.2) is 8.32 Å². The van der Waals surface area contributed by atoms with Crippen LogP contribution in [0.2, 0.25) is 18.1 Å². The van der Waals surface area contributed by atoms with Gasteiger partial charge < -0.3 is 25.1 Å². The van der Waals surface area contributed by atoms with Gasteiger partial charge in [-0.15, -0.1) is 0 Å². The molecule has 1 aromatic heterocycles.